The van der Waals surface area contributed by atoms with Gasteiger partial charge in [0.25, 0.3) is 0 Å². The quantitative estimate of drug-likeness (QED) is 0.826. The van der Waals surface area contributed by atoms with E-state index in [1.807, 2.05) is 0 Å². The summed E-state index contributed by atoms with van der Waals surface area (Å²) in [4.78, 5) is 0. The fraction of sp³-hybridized carbons (Fsp3) is 0.538. The zero-order valence-electron chi connectivity index (χ0n) is 10.4. The molecule has 1 atom stereocenters. The van der Waals surface area contributed by atoms with E-state index in [2.05, 4.69) is 0 Å². The number of rotatable bonds is 4. The Morgan fingerprint density at radius 2 is 1.78 bits per heavy atom. The summed E-state index contributed by atoms with van der Waals surface area (Å²) in [5.74, 6) is -0.350. The molecule has 1 nitrogen and oxygen atoms in total. The Hall–Kier alpha value is -1.10. The fourth-order valence-corrected chi connectivity index (χ4v) is 1.71. The molecule has 0 aromatic heterocycles. The average molecular weight is 263 g/mol. The van der Waals surface area contributed by atoms with E-state index >= 15 is 0 Å². The number of alkyl halides is 4. The van der Waals surface area contributed by atoms with Crippen molar-refractivity contribution in [3.8, 4) is 0 Å². The predicted octanol–water partition coefficient (Wildman–Crippen LogP) is 3.57. The number of hydrogen-bond acceptors (Lipinski definition) is 1. The van der Waals surface area contributed by atoms with Crippen molar-refractivity contribution in [2.45, 2.75) is 32.1 Å². The van der Waals surface area contributed by atoms with Crippen LogP contribution in [-0.4, -0.2) is 12.2 Å². The van der Waals surface area contributed by atoms with Gasteiger partial charge < -0.3 is 5.73 Å². The van der Waals surface area contributed by atoms with Crippen molar-refractivity contribution in [1.82, 2.24) is 0 Å². The summed E-state index contributed by atoms with van der Waals surface area (Å²) >= 11 is 0. The molecule has 0 aliphatic heterocycles. The first kappa shape index (κ1) is 15.0. The predicted molar refractivity (Wildman–Crippen MR) is 62.9 cm³/mol. The molecule has 102 valence electrons. The highest BCUT2D eigenvalue weighted by Crippen LogP contribution is 2.31. The molecular formula is C13H17F4N. The first-order valence-corrected chi connectivity index (χ1v) is 5.74. The van der Waals surface area contributed by atoms with Crippen LogP contribution in [0.25, 0.3) is 0 Å². The molecule has 0 spiro atoms. The number of nitrogens with two attached hydrogens (primary N) is 1. The molecule has 0 heterocycles. The molecule has 0 fully saturated rings. The van der Waals surface area contributed by atoms with Gasteiger partial charge in [-0.1, -0.05) is 32.0 Å². The normalized spacial score (nSPS) is 15.8. The lowest BCUT2D eigenvalue weighted by Crippen LogP contribution is -2.40. The van der Waals surface area contributed by atoms with E-state index in [-0.39, 0.29) is 18.9 Å². The standard InChI is InChI=1S/C13H17F4N/c1-9(2)12(14,8-18)7-10-4-3-5-11(6-10)13(15,16)17/h3-6,9H,7-8,18H2,1-2H3. The van der Waals surface area contributed by atoms with Gasteiger partial charge >= 0.3 is 6.18 Å². The van der Waals surface area contributed by atoms with Gasteiger partial charge in [0, 0.05) is 13.0 Å². The Morgan fingerprint density at radius 1 is 1.17 bits per heavy atom. The highest BCUT2D eigenvalue weighted by molar-refractivity contribution is 5.27. The summed E-state index contributed by atoms with van der Waals surface area (Å²) in [6.07, 6.45) is -4.51. The van der Waals surface area contributed by atoms with Gasteiger partial charge in [-0.3, -0.25) is 0 Å². The Morgan fingerprint density at radius 3 is 2.22 bits per heavy atom. The molecule has 18 heavy (non-hydrogen) atoms. The van der Waals surface area contributed by atoms with Gasteiger partial charge in [-0.05, 0) is 17.5 Å². The fourth-order valence-electron chi connectivity index (χ4n) is 1.71. The first-order valence-electron chi connectivity index (χ1n) is 5.74. The van der Waals surface area contributed by atoms with Crippen LogP contribution in [0.1, 0.15) is 25.0 Å². The van der Waals surface area contributed by atoms with Gasteiger partial charge in [0.1, 0.15) is 5.67 Å². The second kappa shape index (κ2) is 5.26. The third kappa shape index (κ3) is 3.45. The van der Waals surface area contributed by atoms with Crippen LogP contribution in [0.4, 0.5) is 17.6 Å². The largest absolute Gasteiger partial charge is 0.416 e. The highest BCUT2D eigenvalue weighted by atomic mass is 19.4. The van der Waals surface area contributed by atoms with Crippen molar-refractivity contribution < 1.29 is 17.6 Å². The molecule has 0 saturated heterocycles. The van der Waals surface area contributed by atoms with E-state index in [4.69, 9.17) is 5.73 Å². The van der Waals surface area contributed by atoms with Gasteiger partial charge in [0.15, 0.2) is 0 Å². The zero-order chi connectivity index (χ0) is 14.0. The maximum Gasteiger partial charge on any atom is 0.416 e. The van der Waals surface area contributed by atoms with Crippen molar-refractivity contribution in [3.05, 3.63) is 35.4 Å². The molecule has 0 aliphatic carbocycles. The molecule has 0 saturated carbocycles. The summed E-state index contributed by atoms with van der Waals surface area (Å²) in [6.45, 7) is 3.13. The van der Waals surface area contributed by atoms with Crippen molar-refractivity contribution in [2.75, 3.05) is 6.54 Å². The Kier molecular flexibility index (Phi) is 4.37. The van der Waals surface area contributed by atoms with Gasteiger partial charge in [-0.15, -0.1) is 0 Å². The van der Waals surface area contributed by atoms with Crippen LogP contribution in [0.2, 0.25) is 0 Å². The Bertz CT molecular complexity index is 400. The van der Waals surface area contributed by atoms with Crippen LogP contribution in [0.3, 0.4) is 0 Å². The monoisotopic (exact) mass is 263 g/mol. The maximum absolute atomic E-state index is 14.4. The molecule has 1 aromatic rings. The van der Waals surface area contributed by atoms with Gasteiger partial charge in [0.05, 0.1) is 5.56 Å². The van der Waals surface area contributed by atoms with Crippen LogP contribution in [0, 0.1) is 5.92 Å². The van der Waals surface area contributed by atoms with E-state index in [0.717, 1.165) is 12.1 Å². The highest BCUT2D eigenvalue weighted by Gasteiger charge is 2.34. The van der Waals surface area contributed by atoms with Crippen LogP contribution < -0.4 is 5.73 Å². The molecule has 1 unspecified atom stereocenters. The van der Waals surface area contributed by atoms with Crippen LogP contribution >= 0.6 is 0 Å². The molecule has 1 rings (SSSR count). The van der Waals surface area contributed by atoms with Crippen molar-refractivity contribution in [1.29, 1.82) is 0 Å². The lowest BCUT2D eigenvalue weighted by Gasteiger charge is -2.28. The van der Waals surface area contributed by atoms with E-state index in [9.17, 15) is 17.6 Å². The van der Waals surface area contributed by atoms with Crippen LogP contribution in [-0.2, 0) is 12.6 Å². The topological polar surface area (TPSA) is 26.0 Å². The van der Waals surface area contributed by atoms with Crippen molar-refractivity contribution >= 4 is 0 Å². The van der Waals surface area contributed by atoms with Gasteiger partial charge in [0.2, 0.25) is 0 Å². The minimum absolute atomic E-state index is 0.106. The van der Waals surface area contributed by atoms with Crippen LogP contribution in [0.15, 0.2) is 24.3 Å². The summed E-state index contributed by atoms with van der Waals surface area (Å²) in [6, 6.07) is 4.73. The van der Waals surface area contributed by atoms with Crippen molar-refractivity contribution in [2.24, 2.45) is 11.7 Å². The van der Waals surface area contributed by atoms with E-state index < -0.39 is 17.4 Å². The number of halogens is 4. The van der Waals surface area contributed by atoms with E-state index in [1.54, 1.807) is 13.8 Å². The number of benzene rings is 1. The first-order chi connectivity index (χ1) is 8.19. The Balaban J connectivity index is 2.98. The Labute approximate surface area is 104 Å². The minimum atomic E-state index is -4.41. The van der Waals surface area contributed by atoms with E-state index in [0.29, 0.717) is 5.56 Å². The summed E-state index contributed by atoms with van der Waals surface area (Å²) in [7, 11) is 0. The molecule has 1 aromatic carbocycles. The zero-order valence-corrected chi connectivity index (χ0v) is 10.4. The molecule has 0 amide bonds. The van der Waals surface area contributed by atoms with Gasteiger partial charge in [-0.25, -0.2) is 4.39 Å². The van der Waals surface area contributed by atoms with Crippen molar-refractivity contribution in [3.63, 3.8) is 0 Å². The molecule has 0 aliphatic rings. The number of hydrogen-bond donors (Lipinski definition) is 1. The molecular weight excluding hydrogens is 246 g/mol. The summed E-state index contributed by atoms with van der Waals surface area (Å²) < 4.78 is 51.9. The lowest BCUT2D eigenvalue weighted by molar-refractivity contribution is -0.137. The van der Waals surface area contributed by atoms with Gasteiger partial charge in [-0.2, -0.15) is 13.2 Å². The summed E-state index contributed by atoms with van der Waals surface area (Å²) in [5.41, 5.74) is 3.26. The SMILES string of the molecule is CC(C)C(F)(CN)Cc1cccc(C(F)(F)F)c1. The molecule has 0 bridgehead atoms. The molecule has 5 heteroatoms. The smallest absolute Gasteiger partial charge is 0.328 e. The molecule has 0 radical (unpaired) electrons. The second-order valence-electron chi connectivity index (χ2n) is 4.77. The van der Waals surface area contributed by atoms with E-state index in [1.165, 1.54) is 12.1 Å². The average Bonchev–Trinajstić information content (AvgIpc) is 2.28. The maximum atomic E-state index is 14.4. The molecule has 2 N–H and O–H groups in total. The minimum Gasteiger partial charge on any atom is -0.328 e. The second-order valence-corrected chi connectivity index (χ2v) is 4.77. The third-order valence-electron chi connectivity index (χ3n) is 3.13. The third-order valence-corrected chi connectivity index (χ3v) is 3.13. The summed E-state index contributed by atoms with van der Waals surface area (Å²) in [5, 5.41) is 0. The van der Waals surface area contributed by atoms with Crippen LogP contribution in [0.5, 0.6) is 0 Å². The lowest BCUT2D eigenvalue weighted by atomic mass is 9.86.